The molecular formula is C25H32N2O2. The first-order chi connectivity index (χ1) is 14.2. The fourth-order valence-corrected chi connectivity index (χ4v) is 4.70. The fraction of sp³-hybridized carbons (Fsp3) is 0.480. The highest BCUT2D eigenvalue weighted by Crippen LogP contribution is 2.29. The minimum Gasteiger partial charge on any atom is -0.497 e. The summed E-state index contributed by atoms with van der Waals surface area (Å²) in [7, 11) is 1.71. The molecule has 0 atom stereocenters. The number of carbonyl (C=O) groups is 1. The van der Waals surface area contributed by atoms with Crippen LogP contribution in [-0.4, -0.2) is 37.6 Å². The van der Waals surface area contributed by atoms with Gasteiger partial charge in [-0.25, -0.2) is 0 Å². The maximum Gasteiger partial charge on any atom is 0.227 e. The maximum atomic E-state index is 12.4. The van der Waals surface area contributed by atoms with Crippen LogP contribution in [0.2, 0.25) is 0 Å². The lowest BCUT2D eigenvalue weighted by Gasteiger charge is -2.33. The van der Waals surface area contributed by atoms with Gasteiger partial charge < -0.3 is 9.64 Å². The molecule has 0 unspecified atom stereocenters. The van der Waals surface area contributed by atoms with E-state index in [4.69, 9.17) is 4.74 Å². The normalized spacial score (nSPS) is 18.0. The molecule has 1 fully saturated rings. The summed E-state index contributed by atoms with van der Waals surface area (Å²) in [6.45, 7) is 4.22. The average molecular weight is 393 g/mol. The molecule has 4 heteroatoms. The number of methoxy groups -OCH3 is 1. The number of benzene rings is 2. The van der Waals surface area contributed by atoms with Crippen molar-refractivity contribution in [3.63, 3.8) is 0 Å². The van der Waals surface area contributed by atoms with Crippen molar-refractivity contribution in [3.8, 4) is 5.75 Å². The lowest BCUT2D eigenvalue weighted by molar-refractivity contribution is -0.118. The Hall–Kier alpha value is -2.33. The van der Waals surface area contributed by atoms with Gasteiger partial charge in [0.1, 0.15) is 5.75 Å². The van der Waals surface area contributed by atoms with Crippen molar-refractivity contribution in [2.75, 3.05) is 31.6 Å². The molecule has 0 aromatic heterocycles. The Kier molecular flexibility index (Phi) is 6.50. The zero-order valence-corrected chi connectivity index (χ0v) is 17.5. The highest BCUT2D eigenvalue weighted by Gasteiger charge is 2.24. The third-order valence-electron chi connectivity index (χ3n) is 6.46. The highest BCUT2D eigenvalue weighted by molar-refractivity contribution is 5.96. The van der Waals surface area contributed by atoms with E-state index in [1.54, 1.807) is 7.11 Å². The molecule has 2 aliphatic heterocycles. The summed E-state index contributed by atoms with van der Waals surface area (Å²) < 4.78 is 5.24. The number of hydrogen-bond acceptors (Lipinski definition) is 3. The first-order valence-electron chi connectivity index (χ1n) is 11.0. The molecule has 0 spiro atoms. The van der Waals surface area contributed by atoms with Gasteiger partial charge in [0.2, 0.25) is 5.91 Å². The number of piperidine rings is 1. The van der Waals surface area contributed by atoms with E-state index in [0.717, 1.165) is 43.3 Å². The molecule has 1 amide bonds. The lowest BCUT2D eigenvalue weighted by atomic mass is 9.91. The lowest BCUT2D eigenvalue weighted by Crippen LogP contribution is -2.36. The Balaban J connectivity index is 1.21. The van der Waals surface area contributed by atoms with Gasteiger partial charge in [0.05, 0.1) is 7.11 Å². The molecule has 0 aliphatic carbocycles. The van der Waals surface area contributed by atoms with E-state index in [0.29, 0.717) is 6.42 Å². The van der Waals surface area contributed by atoms with Crippen LogP contribution in [0.25, 0.3) is 0 Å². The van der Waals surface area contributed by atoms with Gasteiger partial charge >= 0.3 is 0 Å². The number of para-hydroxylation sites is 1. The van der Waals surface area contributed by atoms with Crippen LogP contribution in [0.15, 0.2) is 48.5 Å². The molecule has 1 saturated heterocycles. The maximum absolute atomic E-state index is 12.4. The number of carbonyl (C=O) groups excluding carboxylic acids is 1. The van der Waals surface area contributed by atoms with Gasteiger partial charge in [0.15, 0.2) is 0 Å². The second kappa shape index (κ2) is 9.45. The van der Waals surface area contributed by atoms with Crippen LogP contribution in [0.1, 0.15) is 43.2 Å². The van der Waals surface area contributed by atoms with Crippen molar-refractivity contribution in [1.82, 2.24) is 4.90 Å². The first-order valence-corrected chi connectivity index (χ1v) is 11.0. The summed E-state index contributed by atoms with van der Waals surface area (Å²) in [5, 5.41) is 0. The van der Waals surface area contributed by atoms with Crippen molar-refractivity contribution >= 4 is 11.6 Å². The van der Waals surface area contributed by atoms with Gasteiger partial charge in [-0.15, -0.1) is 0 Å². The van der Waals surface area contributed by atoms with Gasteiger partial charge in [0.25, 0.3) is 0 Å². The minimum atomic E-state index is 0.290. The van der Waals surface area contributed by atoms with Crippen molar-refractivity contribution in [3.05, 3.63) is 59.7 Å². The Labute approximate surface area is 174 Å². The Morgan fingerprint density at radius 3 is 2.52 bits per heavy atom. The fourth-order valence-electron chi connectivity index (χ4n) is 4.70. The van der Waals surface area contributed by atoms with Crippen LogP contribution in [-0.2, 0) is 17.8 Å². The summed E-state index contributed by atoms with van der Waals surface area (Å²) in [6.07, 6.45) is 6.39. The number of fused-ring (bicyclic) bond motifs is 1. The number of ether oxygens (including phenoxy) is 1. The second-order valence-corrected chi connectivity index (χ2v) is 8.38. The van der Waals surface area contributed by atoms with E-state index in [1.807, 2.05) is 23.1 Å². The van der Waals surface area contributed by atoms with Crippen molar-refractivity contribution in [2.45, 2.75) is 45.1 Å². The number of aryl methyl sites for hydroxylation is 1. The number of anilines is 1. The summed E-state index contributed by atoms with van der Waals surface area (Å²) in [5.74, 6) is 2.00. The first kappa shape index (κ1) is 20.0. The zero-order chi connectivity index (χ0) is 20.1. The van der Waals surface area contributed by atoms with Crippen LogP contribution < -0.4 is 9.64 Å². The van der Waals surface area contributed by atoms with E-state index in [1.165, 1.54) is 43.5 Å². The number of amides is 1. The number of likely N-dealkylation sites (tertiary alicyclic amines) is 1. The van der Waals surface area contributed by atoms with E-state index in [9.17, 15) is 4.79 Å². The Morgan fingerprint density at radius 1 is 1.00 bits per heavy atom. The van der Waals surface area contributed by atoms with Crippen LogP contribution in [0.5, 0.6) is 5.75 Å². The second-order valence-electron chi connectivity index (χ2n) is 8.38. The van der Waals surface area contributed by atoms with Crippen molar-refractivity contribution in [1.29, 1.82) is 0 Å². The highest BCUT2D eigenvalue weighted by atomic mass is 16.5. The van der Waals surface area contributed by atoms with Gasteiger partial charge in [-0.05, 0) is 80.4 Å². The molecule has 4 rings (SSSR count). The van der Waals surface area contributed by atoms with Gasteiger partial charge in [0, 0.05) is 25.2 Å². The monoisotopic (exact) mass is 392 g/mol. The van der Waals surface area contributed by atoms with Crippen LogP contribution in [0, 0.1) is 5.92 Å². The van der Waals surface area contributed by atoms with Gasteiger partial charge in [-0.3, -0.25) is 9.69 Å². The molecule has 4 nitrogen and oxygen atoms in total. The molecule has 0 bridgehead atoms. The smallest absolute Gasteiger partial charge is 0.227 e. The molecular weight excluding hydrogens is 360 g/mol. The van der Waals surface area contributed by atoms with E-state index in [-0.39, 0.29) is 5.91 Å². The topological polar surface area (TPSA) is 32.8 Å². The minimum absolute atomic E-state index is 0.290. The van der Waals surface area contributed by atoms with E-state index < -0.39 is 0 Å². The Morgan fingerprint density at radius 2 is 1.76 bits per heavy atom. The van der Waals surface area contributed by atoms with Crippen molar-refractivity contribution in [2.24, 2.45) is 5.92 Å². The Bertz CT molecular complexity index is 810. The number of nitrogens with zero attached hydrogens (tertiary/aromatic N) is 2. The standard InChI is InChI=1S/C25H32N2O2/c1-29-23-11-8-21(9-12-23)19-26-17-14-20(15-18-26)5-4-16-27-24-7-3-2-6-22(24)10-13-25(27)28/h2-3,6-9,11-12,20H,4-5,10,13-19H2,1H3. The molecule has 2 aromatic carbocycles. The predicted octanol–water partition coefficient (Wildman–Crippen LogP) is 4.67. The molecule has 2 aliphatic rings. The third-order valence-corrected chi connectivity index (χ3v) is 6.46. The van der Waals surface area contributed by atoms with Crippen molar-refractivity contribution < 1.29 is 9.53 Å². The number of hydrogen-bond donors (Lipinski definition) is 0. The van der Waals surface area contributed by atoms with Gasteiger partial charge in [-0.2, -0.15) is 0 Å². The molecule has 154 valence electrons. The largest absolute Gasteiger partial charge is 0.497 e. The summed E-state index contributed by atoms with van der Waals surface area (Å²) in [6, 6.07) is 16.8. The molecule has 2 heterocycles. The summed E-state index contributed by atoms with van der Waals surface area (Å²) >= 11 is 0. The summed E-state index contributed by atoms with van der Waals surface area (Å²) in [5.41, 5.74) is 3.81. The van der Waals surface area contributed by atoms with Crippen LogP contribution >= 0.6 is 0 Å². The quantitative estimate of drug-likeness (QED) is 0.687. The van der Waals surface area contributed by atoms with Crippen LogP contribution in [0.4, 0.5) is 5.69 Å². The summed E-state index contributed by atoms with van der Waals surface area (Å²) in [4.78, 5) is 17.0. The molecule has 0 N–H and O–H groups in total. The van der Waals surface area contributed by atoms with E-state index in [2.05, 4.69) is 35.2 Å². The van der Waals surface area contributed by atoms with Crippen LogP contribution in [0.3, 0.4) is 0 Å². The SMILES string of the molecule is COc1ccc(CN2CCC(CCCN3C(=O)CCc4ccccc43)CC2)cc1. The predicted molar refractivity (Wildman–Crippen MR) is 117 cm³/mol. The zero-order valence-electron chi connectivity index (χ0n) is 17.5. The van der Waals surface area contributed by atoms with E-state index >= 15 is 0 Å². The third kappa shape index (κ3) is 4.99. The molecule has 0 saturated carbocycles. The average Bonchev–Trinajstić information content (AvgIpc) is 2.77. The van der Waals surface area contributed by atoms with Gasteiger partial charge in [-0.1, -0.05) is 30.3 Å². The molecule has 29 heavy (non-hydrogen) atoms. The molecule has 2 aromatic rings. The molecule has 0 radical (unpaired) electrons. The number of rotatable bonds is 7.